The average molecular weight is 337 g/mol. The van der Waals surface area contributed by atoms with E-state index in [-0.39, 0.29) is 4.47 Å². The third-order valence-corrected chi connectivity index (χ3v) is 3.47. The van der Waals surface area contributed by atoms with Crippen molar-refractivity contribution in [3.05, 3.63) is 16.2 Å². The number of nitrogens with zero attached hydrogens (tertiary/aromatic N) is 1. The summed E-state index contributed by atoms with van der Waals surface area (Å²) >= 11 is 2.83. The van der Waals surface area contributed by atoms with Crippen LogP contribution in [0, 0.1) is 0 Å². The highest BCUT2D eigenvalue weighted by Gasteiger charge is 2.27. The smallest absolute Gasteiger partial charge is 0.282 e. The summed E-state index contributed by atoms with van der Waals surface area (Å²) in [5.41, 5.74) is -0.600. The molecule has 0 aliphatic carbocycles. The highest BCUT2D eigenvalue weighted by molar-refractivity contribution is 9.10. The monoisotopic (exact) mass is 335 g/mol. The van der Waals surface area contributed by atoms with E-state index in [1.807, 2.05) is 0 Å². The molecule has 0 aliphatic rings. The fourth-order valence-electron chi connectivity index (χ4n) is 1.04. The Morgan fingerprint density at radius 1 is 1.56 bits per heavy atom. The number of halogens is 4. The molecule has 9 heteroatoms. The third-order valence-electron chi connectivity index (χ3n) is 1.64. The number of methoxy groups -OCH3 is 1. The zero-order valence-electron chi connectivity index (χ0n) is 7.75. The second-order valence-electron chi connectivity index (χ2n) is 2.60. The van der Waals surface area contributed by atoms with Crippen LogP contribution in [0.25, 0.3) is 0 Å². The molecule has 1 aromatic heterocycles. The van der Waals surface area contributed by atoms with Crippen molar-refractivity contribution in [1.82, 2.24) is 4.98 Å². The molecule has 16 heavy (non-hydrogen) atoms. The summed E-state index contributed by atoms with van der Waals surface area (Å²) < 4.78 is 52.0. The predicted octanol–water partition coefficient (Wildman–Crippen LogP) is 2.72. The molecule has 0 N–H and O–H groups in total. The SMILES string of the molecule is COc1c(S(=O)(=O)Cl)ncc(Br)c1C(F)F. The minimum absolute atomic E-state index is 0.0524. The number of hydrogen-bond acceptors (Lipinski definition) is 4. The van der Waals surface area contributed by atoms with Gasteiger partial charge in [0.1, 0.15) is 0 Å². The van der Waals surface area contributed by atoms with E-state index in [1.165, 1.54) is 0 Å². The third kappa shape index (κ3) is 2.61. The Labute approximate surface area is 103 Å². The minimum Gasteiger partial charge on any atom is -0.493 e. The number of ether oxygens (including phenoxy) is 1. The normalized spacial score (nSPS) is 11.9. The summed E-state index contributed by atoms with van der Waals surface area (Å²) in [6, 6.07) is 0. The summed E-state index contributed by atoms with van der Waals surface area (Å²) in [5.74, 6) is -0.556. The Morgan fingerprint density at radius 3 is 2.50 bits per heavy atom. The maximum absolute atomic E-state index is 12.7. The van der Waals surface area contributed by atoms with Crippen molar-refractivity contribution in [3.63, 3.8) is 0 Å². The zero-order valence-corrected chi connectivity index (χ0v) is 10.9. The first kappa shape index (κ1) is 13.6. The number of pyridine rings is 1. The molecule has 4 nitrogen and oxygen atoms in total. The van der Waals surface area contributed by atoms with Gasteiger partial charge in [-0.25, -0.2) is 22.2 Å². The lowest BCUT2D eigenvalue weighted by Gasteiger charge is -2.11. The zero-order chi connectivity index (χ0) is 12.5. The standard InChI is InChI=1S/C7H5BrClF2NO3S/c1-15-5-4(6(10)11)3(8)2-12-7(5)16(9,13)14/h2,6H,1H3. The van der Waals surface area contributed by atoms with E-state index in [0.717, 1.165) is 13.3 Å². The maximum atomic E-state index is 12.7. The second-order valence-corrected chi connectivity index (χ2v) is 5.93. The molecule has 0 saturated carbocycles. The van der Waals surface area contributed by atoms with Gasteiger partial charge in [-0.1, -0.05) is 0 Å². The molecule has 0 fully saturated rings. The van der Waals surface area contributed by atoms with Crippen LogP contribution in [0.1, 0.15) is 12.0 Å². The van der Waals surface area contributed by atoms with Crippen LogP contribution in [0.5, 0.6) is 5.75 Å². The van der Waals surface area contributed by atoms with Crippen molar-refractivity contribution in [1.29, 1.82) is 0 Å². The summed E-state index contributed by atoms with van der Waals surface area (Å²) in [5, 5.41) is -0.727. The number of alkyl halides is 2. The number of hydrogen-bond donors (Lipinski definition) is 0. The molecule has 0 atom stereocenters. The van der Waals surface area contributed by atoms with Crippen molar-refractivity contribution in [2.24, 2.45) is 0 Å². The van der Waals surface area contributed by atoms with Gasteiger partial charge in [-0.05, 0) is 15.9 Å². The fourth-order valence-corrected chi connectivity index (χ4v) is 2.42. The van der Waals surface area contributed by atoms with Crippen LogP contribution in [0.4, 0.5) is 8.78 Å². The molecule has 0 bridgehead atoms. The van der Waals surface area contributed by atoms with Gasteiger partial charge in [0.05, 0.1) is 12.7 Å². The fraction of sp³-hybridized carbons (Fsp3) is 0.286. The van der Waals surface area contributed by atoms with E-state index in [4.69, 9.17) is 10.7 Å². The summed E-state index contributed by atoms with van der Waals surface area (Å²) in [4.78, 5) is 3.44. The molecule has 0 amide bonds. The van der Waals surface area contributed by atoms with Crippen LogP contribution >= 0.6 is 26.6 Å². The van der Waals surface area contributed by atoms with Gasteiger partial charge in [-0.3, -0.25) is 0 Å². The predicted molar refractivity (Wildman–Crippen MR) is 56.5 cm³/mol. The lowest BCUT2D eigenvalue weighted by molar-refractivity contribution is 0.145. The Kier molecular flexibility index (Phi) is 4.08. The molecule has 0 saturated heterocycles. The van der Waals surface area contributed by atoms with E-state index >= 15 is 0 Å². The maximum Gasteiger partial charge on any atom is 0.282 e. The van der Waals surface area contributed by atoms with Crippen LogP contribution < -0.4 is 4.74 Å². The second kappa shape index (κ2) is 4.80. The topological polar surface area (TPSA) is 56.3 Å². The van der Waals surface area contributed by atoms with E-state index in [1.54, 1.807) is 0 Å². The van der Waals surface area contributed by atoms with E-state index in [0.29, 0.717) is 0 Å². The van der Waals surface area contributed by atoms with Crippen LogP contribution in [-0.2, 0) is 9.05 Å². The molecule has 0 aliphatic heterocycles. The van der Waals surface area contributed by atoms with Crippen LogP contribution in [0.15, 0.2) is 15.7 Å². The minimum atomic E-state index is -4.24. The molecule has 0 aromatic carbocycles. The van der Waals surface area contributed by atoms with Crippen molar-refractivity contribution >= 4 is 35.7 Å². The van der Waals surface area contributed by atoms with Crippen LogP contribution in [-0.4, -0.2) is 20.5 Å². The molecule has 0 radical (unpaired) electrons. The highest BCUT2D eigenvalue weighted by Crippen LogP contribution is 2.39. The van der Waals surface area contributed by atoms with Crippen LogP contribution in [0.3, 0.4) is 0 Å². The van der Waals surface area contributed by atoms with Gasteiger partial charge >= 0.3 is 0 Å². The van der Waals surface area contributed by atoms with Gasteiger partial charge in [0.2, 0.25) is 5.03 Å². The Bertz CT molecular complexity index is 509. The largest absolute Gasteiger partial charge is 0.493 e. The van der Waals surface area contributed by atoms with Gasteiger partial charge < -0.3 is 4.74 Å². The van der Waals surface area contributed by atoms with Gasteiger partial charge in [0, 0.05) is 21.4 Å². The van der Waals surface area contributed by atoms with Gasteiger partial charge in [-0.15, -0.1) is 0 Å². The molecular weight excluding hydrogens is 332 g/mol. The first-order chi connectivity index (χ1) is 7.29. The lowest BCUT2D eigenvalue weighted by Crippen LogP contribution is -2.04. The van der Waals surface area contributed by atoms with Gasteiger partial charge in [0.25, 0.3) is 15.5 Å². The molecule has 1 heterocycles. The first-order valence-electron chi connectivity index (χ1n) is 3.74. The van der Waals surface area contributed by atoms with Crippen molar-refractivity contribution in [3.8, 4) is 5.75 Å². The number of rotatable bonds is 3. The summed E-state index contributed by atoms with van der Waals surface area (Å²) in [6.07, 6.45) is -1.98. The summed E-state index contributed by atoms with van der Waals surface area (Å²) in [7, 11) is 1.86. The molecule has 1 rings (SSSR count). The Morgan fingerprint density at radius 2 is 2.12 bits per heavy atom. The molecule has 0 spiro atoms. The van der Waals surface area contributed by atoms with E-state index < -0.39 is 31.8 Å². The van der Waals surface area contributed by atoms with Crippen LogP contribution in [0.2, 0.25) is 0 Å². The molecule has 90 valence electrons. The first-order valence-corrected chi connectivity index (χ1v) is 6.84. The van der Waals surface area contributed by atoms with Gasteiger partial charge in [0.15, 0.2) is 5.75 Å². The van der Waals surface area contributed by atoms with E-state index in [2.05, 4.69) is 25.7 Å². The Balaban J connectivity index is 3.62. The molecular formula is C7H5BrClF2NO3S. The average Bonchev–Trinajstić information content (AvgIpc) is 2.14. The quantitative estimate of drug-likeness (QED) is 0.796. The van der Waals surface area contributed by atoms with Crippen molar-refractivity contribution in [2.75, 3.05) is 7.11 Å². The van der Waals surface area contributed by atoms with E-state index in [9.17, 15) is 17.2 Å². The Hall–Kier alpha value is -0.470. The highest BCUT2D eigenvalue weighted by atomic mass is 79.9. The van der Waals surface area contributed by atoms with Gasteiger partial charge in [-0.2, -0.15) is 0 Å². The molecule has 1 aromatic rings. The lowest BCUT2D eigenvalue weighted by atomic mass is 10.2. The summed E-state index contributed by atoms with van der Waals surface area (Å²) in [6.45, 7) is 0. The molecule has 0 unspecified atom stereocenters. The van der Waals surface area contributed by atoms with Crippen molar-refractivity contribution in [2.45, 2.75) is 11.5 Å². The number of aromatic nitrogens is 1. The van der Waals surface area contributed by atoms with Crippen molar-refractivity contribution < 1.29 is 21.9 Å².